The van der Waals surface area contributed by atoms with E-state index < -0.39 is 0 Å². The molecule has 3 rings (SSSR count). The van der Waals surface area contributed by atoms with E-state index in [-0.39, 0.29) is 11.9 Å². The molecule has 0 aliphatic rings. The lowest BCUT2D eigenvalue weighted by Gasteiger charge is -2.18. The quantitative estimate of drug-likeness (QED) is 0.609. The van der Waals surface area contributed by atoms with Crippen molar-refractivity contribution in [1.29, 1.82) is 0 Å². The second kappa shape index (κ2) is 8.95. The number of carbonyl (C=O) groups excluding carboxylic acids is 1. The minimum atomic E-state index is -0.191. The highest BCUT2D eigenvalue weighted by Gasteiger charge is 2.19. The number of hydrogen-bond donors (Lipinski definition) is 2. The fraction of sp³-hybridized carbons (Fsp3) is 0.333. The van der Waals surface area contributed by atoms with Gasteiger partial charge in [0.25, 0.3) is 0 Å². The van der Waals surface area contributed by atoms with Crippen LogP contribution in [-0.4, -0.2) is 32.7 Å². The van der Waals surface area contributed by atoms with Crippen molar-refractivity contribution < 1.29 is 4.79 Å². The number of amides is 1. The number of nitrogens with zero attached hydrogens (tertiary/aromatic N) is 2. The third-order valence-corrected chi connectivity index (χ3v) is 5.41. The Balaban J connectivity index is 1.67. The third-order valence-electron chi connectivity index (χ3n) is 4.77. The van der Waals surface area contributed by atoms with Gasteiger partial charge in [0.1, 0.15) is 6.04 Å². The molecule has 6 heteroatoms. The minimum absolute atomic E-state index is 0.0227. The highest BCUT2D eigenvalue weighted by Crippen LogP contribution is 2.20. The number of hydrogen-bond acceptors (Lipinski definition) is 3. The van der Waals surface area contributed by atoms with Crippen LogP contribution in [0.5, 0.6) is 0 Å². The van der Waals surface area contributed by atoms with E-state index in [2.05, 4.69) is 33.9 Å². The summed E-state index contributed by atoms with van der Waals surface area (Å²) in [5.41, 5.74) is 5.40. The zero-order valence-corrected chi connectivity index (χ0v) is 16.8. The topological polar surface area (TPSA) is 62.7 Å². The Bertz CT molecular complexity index is 849. The highest BCUT2D eigenvalue weighted by atomic mass is 32.2. The van der Waals surface area contributed by atoms with Crippen LogP contribution < -0.4 is 5.32 Å². The van der Waals surface area contributed by atoms with Crippen molar-refractivity contribution in [2.75, 3.05) is 17.3 Å². The summed E-state index contributed by atoms with van der Waals surface area (Å²) < 4.78 is 1.98. The lowest BCUT2D eigenvalue weighted by atomic mass is 10.0. The van der Waals surface area contributed by atoms with Gasteiger partial charge in [0.15, 0.2) is 0 Å². The summed E-state index contributed by atoms with van der Waals surface area (Å²) in [5.74, 6) is 0.966. The predicted octanol–water partition coefficient (Wildman–Crippen LogP) is 4.35. The molecule has 2 aromatic heterocycles. The maximum Gasteiger partial charge on any atom is 0.247 e. The number of H-pyrrole nitrogens is 1. The maximum atomic E-state index is 12.8. The van der Waals surface area contributed by atoms with Crippen LogP contribution in [0.2, 0.25) is 0 Å². The van der Waals surface area contributed by atoms with Crippen molar-refractivity contribution >= 4 is 23.4 Å². The summed E-state index contributed by atoms with van der Waals surface area (Å²) in [4.78, 5) is 12.8. The molecule has 0 unspecified atom stereocenters. The largest absolute Gasteiger partial charge is 0.342 e. The molecule has 5 nitrogen and oxygen atoms in total. The fourth-order valence-corrected chi connectivity index (χ4v) is 3.63. The number of thioether (sulfide) groups is 1. The number of nitrogens with one attached hydrogen (secondary N) is 2. The van der Waals surface area contributed by atoms with E-state index in [0.717, 1.165) is 35.7 Å². The van der Waals surface area contributed by atoms with E-state index in [1.807, 2.05) is 55.1 Å². The fourth-order valence-electron chi connectivity index (χ4n) is 3.17. The van der Waals surface area contributed by atoms with Crippen molar-refractivity contribution in [1.82, 2.24) is 14.8 Å². The van der Waals surface area contributed by atoms with Crippen LogP contribution in [0.4, 0.5) is 5.69 Å². The van der Waals surface area contributed by atoms with Crippen molar-refractivity contribution in [3.05, 3.63) is 71.3 Å². The Morgan fingerprint density at radius 3 is 2.52 bits per heavy atom. The molecule has 0 radical (unpaired) electrons. The Kier molecular flexibility index (Phi) is 6.40. The molecule has 1 amide bonds. The molecule has 0 aliphatic heterocycles. The monoisotopic (exact) mass is 382 g/mol. The van der Waals surface area contributed by atoms with Gasteiger partial charge >= 0.3 is 0 Å². The molecule has 27 heavy (non-hydrogen) atoms. The molecule has 0 saturated heterocycles. The average molecular weight is 383 g/mol. The number of anilines is 1. The van der Waals surface area contributed by atoms with E-state index in [4.69, 9.17) is 0 Å². The molecule has 0 aliphatic carbocycles. The molecule has 1 atom stereocenters. The van der Waals surface area contributed by atoms with Crippen LogP contribution in [0.1, 0.15) is 35.0 Å². The first kappa shape index (κ1) is 19.3. The van der Waals surface area contributed by atoms with Gasteiger partial charge in [-0.15, -0.1) is 0 Å². The minimum Gasteiger partial charge on any atom is -0.342 e. The van der Waals surface area contributed by atoms with Crippen LogP contribution in [0.3, 0.4) is 0 Å². The molecule has 0 spiro atoms. The second-order valence-electron chi connectivity index (χ2n) is 6.70. The first-order chi connectivity index (χ1) is 13.1. The standard InChI is InChI=1S/C21H26N4OS/c1-15-19(16(2)24-23-15)14-17-6-8-18(9-7-17)22-21(26)20(10-13-27-3)25-11-4-5-12-25/h4-9,11-12,20H,10,13-14H2,1-3H3,(H,22,26)(H,23,24)/t20-/m1/s1. The summed E-state index contributed by atoms with van der Waals surface area (Å²) in [7, 11) is 0. The molecule has 2 heterocycles. The lowest BCUT2D eigenvalue weighted by Crippen LogP contribution is -2.25. The van der Waals surface area contributed by atoms with Crippen molar-refractivity contribution in [2.24, 2.45) is 0 Å². The molecule has 1 aromatic carbocycles. The van der Waals surface area contributed by atoms with Crippen LogP contribution in [0, 0.1) is 13.8 Å². The van der Waals surface area contributed by atoms with Gasteiger partial charge in [-0.05, 0) is 62.1 Å². The van der Waals surface area contributed by atoms with Crippen LogP contribution >= 0.6 is 11.8 Å². The van der Waals surface area contributed by atoms with Crippen LogP contribution in [0.25, 0.3) is 0 Å². The molecule has 0 saturated carbocycles. The molecule has 0 fully saturated rings. The van der Waals surface area contributed by atoms with Gasteiger partial charge in [-0.3, -0.25) is 9.89 Å². The summed E-state index contributed by atoms with van der Waals surface area (Å²) in [6.45, 7) is 4.06. The van der Waals surface area contributed by atoms with E-state index in [0.29, 0.717) is 0 Å². The van der Waals surface area contributed by atoms with E-state index in [1.54, 1.807) is 11.8 Å². The number of aromatic nitrogens is 3. The molecular formula is C21H26N4OS. The van der Waals surface area contributed by atoms with Gasteiger partial charge in [0.2, 0.25) is 5.91 Å². The first-order valence-corrected chi connectivity index (χ1v) is 10.5. The predicted molar refractivity (Wildman–Crippen MR) is 112 cm³/mol. The van der Waals surface area contributed by atoms with Gasteiger partial charge in [-0.25, -0.2) is 0 Å². The number of carbonyl (C=O) groups is 1. The molecule has 142 valence electrons. The zero-order valence-electron chi connectivity index (χ0n) is 16.0. The van der Waals surface area contributed by atoms with E-state index in [1.165, 1.54) is 11.1 Å². The van der Waals surface area contributed by atoms with Gasteiger partial charge in [-0.1, -0.05) is 12.1 Å². The maximum absolute atomic E-state index is 12.8. The van der Waals surface area contributed by atoms with Crippen molar-refractivity contribution in [3.8, 4) is 0 Å². The highest BCUT2D eigenvalue weighted by molar-refractivity contribution is 7.98. The van der Waals surface area contributed by atoms with Crippen molar-refractivity contribution in [3.63, 3.8) is 0 Å². The Morgan fingerprint density at radius 1 is 1.22 bits per heavy atom. The summed E-state index contributed by atoms with van der Waals surface area (Å²) in [5, 5.41) is 10.3. The van der Waals surface area contributed by atoms with E-state index >= 15 is 0 Å². The van der Waals surface area contributed by atoms with Gasteiger partial charge in [0.05, 0.1) is 5.69 Å². The number of benzene rings is 1. The van der Waals surface area contributed by atoms with E-state index in [9.17, 15) is 4.79 Å². The molecule has 0 bridgehead atoms. The van der Waals surface area contributed by atoms with Crippen LogP contribution in [0.15, 0.2) is 48.8 Å². The first-order valence-electron chi connectivity index (χ1n) is 9.10. The molecule has 3 aromatic rings. The Labute approximate surface area is 164 Å². The van der Waals surface area contributed by atoms with Gasteiger partial charge in [-0.2, -0.15) is 16.9 Å². The zero-order chi connectivity index (χ0) is 19.2. The second-order valence-corrected chi connectivity index (χ2v) is 7.69. The number of aromatic amines is 1. The third kappa shape index (κ3) is 4.83. The smallest absolute Gasteiger partial charge is 0.247 e. The number of aryl methyl sites for hydroxylation is 2. The van der Waals surface area contributed by atoms with Crippen molar-refractivity contribution in [2.45, 2.75) is 32.7 Å². The summed E-state index contributed by atoms with van der Waals surface area (Å²) in [6.07, 6.45) is 7.60. The lowest BCUT2D eigenvalue weighted by molar-refractivity contribution is -0.119. The Hall–Kier alpha value is -2.47. The normalized spacial score (nSPS) is 12.1. The summed E-state index contributed by atoms with van der Waals surface area (Å²) >= 11 is 1.76. The average Bonchev–Trinajstić information content (AvgIpc) is 3.29. The van der Waals surface area contributed by atoms with Crippen LogP contribution in [-0.2, 0) is 11.2 Å². The van der Waals surface area contributed by atoms with Gasteiger partial charge < -0.3 is 9.88 Å². The SMILES string of the molecule is CSCC[C@H](C(=O)Nc1ccc(Cc2c(C)n[nH]c2C)cc1)n1cccc1. The summed E-state index contributed by atoms with van der Waals surface area (Å²) in [6, 6.07) is 11.8. The molecule has 2 N–H and O–H groups in total. The van der Waals surface area contributed by atoms with Gasteiger partial charge in [0, 0.05) is 35.8 Å². The Morgan fingerprint density at radius 2 is 1.93 bits per heavy atom. The molecular weight excluding hydrogens is 356 g/mol. The number of rotatable bonds is 8.